The fraction of sp³-hybridized carbons (Fsp3) is 0.727. The maximum Gasteiger partial charge on any atom is 0.505 e. The van der Waals surface area contributed by atoms with Crippen LogP contribution in [-0.4, -0.2) is 46.9 Å². The molecule has 162 valence electrons. The summed E-state index contributed by atoms with van der Waals surface area (Å²) in [6, 6.07) is 0. The van der Waals surface area contributed by atoms with Crippen molar-refractivity contribution in [3.63, 3.8) is 0 Å². The van der Waals surface area contributed by atoms with E-state index in [1.165, 1.54) is 0 Å². The average molecular weight is 408 g/mol. The number of rotatable bonds is 13. The topological polar surface area (TPSA) is 118 Å². The van der Waals surface area contributed by atoms with E-state index in [1.54, 1.807) is 0 Å². The fourth-order valence-corrected chi connectivity index (χ4v) is 4.68. The molecule has 0 radical (unpaired) electrons. The van der Waals surface area contributed by atoms with Crippen LogP contribution in [0.2, 0.25) is 0 Å². The summed E-state index contributed by atoms with van der Waals surface area (Å²) in [4.78, 5) is 47.1. The largest absolute Gasteiger partial charge is 0.505 e. The molecular formula is C22H32O7. The minimum atomic E-state index is -1.28. The van der Waals surface area contributed by atoms with Gasteiger partial charge in [0, 0.05) is 18.4 Å². The summed E-state index contributed by atoms with van der Waals surface area (Å²) in [5.74, 6) is -2.70. The first kappa shape index (κ1) is 23.3. The Kier molecular flexibility index (Phi) is 9.51. The van der Waals surface area contributed by atoms with Gasteiger partial charge in [0.1, 0.15) is 0 Å². The summed E-state index contributed by atoms with van der Waals surface area (Å²) in [5.41, 5.74) is 0. The van der Waals surface area contributed by atoms with E-state index in [0.717, 1.165) is 51.4 Å². The molecule has 4 unspecified atom stereocenters. The highest BCUT2D eigenvalue weighted by molar-refractivity contribution is 6.65. The molecule has 0 aromatic rings. The normalized spacial score (nSPS) is 26.4. The molecule has 29 heavy (non-hydrogen) atoms. The van der Waals surface area contributed by atoms with Gasteiger partial charge >= 0.3 is 6.16 Å². The van der Waals surface area contributed by atoms with Crippen LogP contribution in [0.1, 0.15) is 64.2 Å². The zero-order valence-corrected chi connectivity index (χ0v) is 16.9. The van der Waals surface area contributed by atoms with Gasteiger partial charge in [0.05, 0.1) is 6.61 Å². The number of hydrogen-bond acceptors (Lipinski definition) is 6. The number of fused-ring (bicyclic) bond motifs is 2. The highest BCUT2D eigenvalue weighted by atomic mass is 16.7. The van der Waals surface area contributed by atoms with Crippen LogP contribution in [0.4, 0.5) is 4.79 Å². The zero-order chi connectivity index (χ0) is 21.2. The minimum Gasteiger partial charge on any atom is -0.450 e. The number of hydrogen-bond donors (Lipinski definition) is 2. The van der Waals surface area contributed by atoms with E-state index in [9.17, 15) is 19.2 Å². The number of Topliss-reactive ketones (excluding diaryl/α,β-unsaturated/α-hetero) is 3. The summed E-state index contributed by atoms with van der Waals surface area (Å²) >= 11 is 0. The van der Waals surface area contributed by atoms with Crippen LogP contribution in [0.3, 0.4) is 0 Å². The third kappa shape index (κ3) is 6.49. The Hall–Kier alpha value is -2.02. The molecule has 2 fully saturated rings. The van der Waals surface area contributed by atoms with Crippen molar-refractivity contribution in [3.8, 4) is 0 Å². The molecule has 2 N–H and O–H groups in total. The molecule has 0 amide bonds. The van der Waals surface area contributed by atoms with E-state index in [1.807, 2.05) is 6.08 Å². The first-order valence-electron chi connectivity index (χ1n) is 10.7. The zero-order valence-electron chi connectivity index (χ0n) is 16.9. The van der Waals surface area contributed by atoms with Gasteiger partial charge in [0.25, 0.3) is 5.78 Å². The number of unbranched alkanes of at least 4 members (excludes halogenated alkanes) is 6. The lowest BCUT2D eigenvalue weighted by atomic mass is 9.82. The van der Waals surface area contributed by atoms with Crippen LogP contribution in [0.25, 0.3) is 0 Å². The van der Waals surface area contributed by atoms with Gasteiger partial charge in [-0.05, 0) is 50.4 Å². The number of aliphatic hydroxyl groups excluding tert-OH is 1. The number of carbonyl (C=O) groups is 4. The summed E-state index contributed by atoms with van der Waals surface area (Å²) in [5, 5.41) is 17.3. The molecule has 0 heterocycles. The fourth-order valence-electron chi connectivity index (χ4n) is 4.68. The SMILES string of the molecule is O=C(O)OCCCCCC1C2CC(C(=O)C(=O)C2=O)C1C=CCCCCCCO. The summed E-state index contributed by atoms with van der Waals surface area (Å²) in [6.07, 6.45) is 11.0. The molecule has 0 aliphatic heterocycles. The molecule has 2 aliphatic carbocycles. The van der Waals surface area contributed by atoms with Crippen molar-refractivity contribution in [2.45, 2.75) is 64.2 Å². The Morgan fingerprint density at radius 3 is 2.38 bits per heavy atom. The molecule has 2 bridgehead atoms. The van der Waals surface area contributed by atoms with E-state index in [0.29, 0.717) is 12.8 Å². The van der Waals surface area contributed by atoms with Crippen molar-refractivity contribution >= 4 is 23.5 Å². The maximum absolute atomic E-state index is 12.3. The van der Waals surface area contributed by atoms with Gasteiger partial charge in [0.15, 0.2) is 0 Å². The Morgan fingerprint density at radius 2 is 1.66 bits per heavy atom. The number of ketones is 3. The van der Waals surface area contributed by atoms with E-state index in [4.69, 9.17) is 10.2 Å². The second kappa shape index (κ2) is 11.9. The maximum atomic E-state index is 12.3. The second-order valence-corrected chi connectivity index (χ2v) is 8.07. The monoisotopic (exact) mass is 408 g/mol. The highest BCUT2D eigenvalue weighted by Gasteiger charge is 2.55. The van der Waals surface area contributed by atoms with E-state index in [-0.39, 0.29) is 36.9 Å². The molecule has 7 heteroatoms. The molecular weight excluding hydrogens is 376 g/mol. The molecule has 0 aromatic carbocycles. The summed E-state index contributed by atoms with van der Waals surface area (Å²) in [7, 11) is 0. The molecule has 0 spiro atoms. The van der Waals surface area contributed by atoms with E-state index >= 15 is 0 Å². The van der Waals surface area contributed by atoms with Crippen LogP contribution in [-0.2, 0) is 19.1 Å². The second-order valence-electron chi connectivity index (χ2n) is 8.07. The van der Waals surface area contributed by atoms with Crippen LogP contribution in [0, 0.1) is 23.7 Å². The lowest BCUT2D eigenvalue weighted by molar-refractivity contribution is -0.149. The molecule has 0 saturated heterocycles. The van der Waals surface area contributed by atoms with Crippen LogP contribution >= 0.6 is 0 Å². The lowest BCUT2D eigenvalue weighted by Crippen LogP contribution is -2.38. The van der Waals surface area contributed by atoms with Gasteiger partial charge in [-0.2, -0.15) is 0 Å². The quantitative estimate of drug-likeness (QED) is 0.208. The summed E-state index contributed by atoms with van der Waals surface area (Å²) < 4.78 is 4.50. The van der Waals surface area contributed by atoms with Crippen molar-refractivity contribution in [2.75, 3.05) is 13.2 Å². The van der Waals surface area contributed by atoms with Crippen LogP contribution in [0.15, 0.2) is 12.2 Å². The van der Waals surface area contributed by atoms with E-state index < -0.39 is 23.5 Å². The average Bonchev–Trinajstić information content (AvgIpc) is 3.02. The van der Waals surface area contributed by atoms with Gasteiger partial charge in [-0.15, -0.1) is 0 Å². The van der Waals surface area contributed by atoms with Crippen molar-refractivity contribution in [3.05, 3.63) is 12.2 Å². The van der Waals surface area contributed by atoms with E-state index in [2.05, 4.69) is 10.8 Å². The van der Waals surface area contributed by atoms with Crippen molar-refractivity contribution in [1.82, 2.24) is 0 Å². The predicted octanol–water partition coefficient (Wildman–Crippen LogP) is 3.33. The molecule has 2 aliphatic rings. The molecule has 2 rings (SSSR count). The first-order chi connectivity index (χ1) is 14.0. The van der Waals surface area contributed by atoms with Gasteiger partial charge in [-0.25, -0.2) is 4.79 Å². The van der Waals surface area contributed by atoms with Crippen LogP contribution in [0.5, 0.6) is 0 Å². The molecule has 2 saturated carbocycles. The minimum absolute atomic E-state index is 0.00562. The Balaban J connectivity index is 1.90. The Morgan fingerprint density at radius 1 is 0.966 bits per heavy atom. The Labute approximate surface area is 171 Å². The molecule has 0 aromatic heterocycles. The van der Waals surface area contributed by atoms with Gasteiger partial charge in [-0.1, -0.05) is 37.8 Å². The smallest absolute Gasteiger partial charge is 0.450 e. The predicted molar refractivity (Wildman–Crippen MR) is 105 cm³/mol. The van der Waals surface area contributed by atoms with Gasteiger partial charge in [0.2, 0.25) is 11.6 Å². The van der Waals surface area contributed by atoms with Gasteiger partial charge in [-0.3, -0.25) is 14.4 Å². The highest BCUT2D eigenvalue weighted by Crippen LogP contribution is 2.48. The molecule has 7 nitrogen and oxygen atoms in total. The standard InChI is InChI=1S/C22H32O7/c23-12-8-4-2-1-3-6-10-15-16(11-7-5-9-13-29-22(27)28)18-14-17(15)19(24)21(26)20(18)25/h6,10,15-18,23H,1-5,7-9,11-14H2,(H,27,28). The number of carboxylic acid groups (broad SMARTS) is 1. The van der Waals surface area contributed by atoms with Crippen molar-refractivity contribution in [2.24, 2.45) is 23.7 Å². The first-order valence-corrected chi connectivity index (χ1v) is 10.7. The van der Waals surface area contributed by atoms with Crippen molar-refractivity contribution < 1.29 is 34.1 Å². The third-order valence-corrected chi connectivity index (χ3v) is 6.15. The number of ether oxygens (including phenoxy) is 1. The lowest BCUT2D eigenvalue weighted by Gasteiger charge is -2.20. The number of carbonyl (C=O) groups excluding carboxylic acids is 3. The van der Waals surface area contributed by atoms with Crippen LogP contribution < -0.4 is 0 Å². The third-order valence-electron chi connectivity index (χ3n) is 6.15. The Bertz CT molecular complexity index is 625. The summed E-state index contributed by atoms with van der Waals surface area (Å²) in [6.45, 7) is 0.372. The van der Waals surface area contributed by atoms with Crippen molar-refractivity contribution in [1.29, 1.82) is 0 Å². The number of aliphatic hydroxyl groups is 1. The van der Waals surface area contributed by atoms with Gasteiger partial charge < -0.3 is 14.9 Å². The molecule has 4 atom stereocenters. The number of allylic oxidation sites excluding steroid dienone is 2.